The molecule has 2 heteroatoms. The Balaban J connectivity index is 3.48. The summed E-state index contributed by atoms with van der Waals surface area (Å²) in [5, 5.41) is 13.5. The third-order valence-electron chi connectivity index (χ3n) is 3.36. The molecule has 0 rings (SSSR count). The number of unbranched alkanes of at least 4 members (excludes halogenated alkanes) is 4. The molecule has 2 unspecified atom stereocenters. The molecule has 0 aliphatic rings. The van der Waals surface area contributed by atoms with Crippen LogP contribution in [0.4, 0.5) is 0 Å². The molecular weight excluding hydrogens is 210 g/mol. The second-order valence-electron chi connectivity index (χ2n) is 5.73. The topological polar surface area (TPSA) is 32.3 Å². The molecule has 0 bridgehead atoms. The smallest absolute Gasteiger partial charge is 0.0743 e. The quantitative estimate of drug-likeness (QED) is 0.540. The molecule has 2 atom stereocenters. The van der Waals surface area contributed by atoms with E-state index in [-0.39, 0.29) is 0 Å². The summed E-state index contributed by atoms with van der Waals surface area (Å²) in [5.41, 5.74) is -0.536. The van der Waals surface area contributed by atoms with Crippen molar-refractivity contribution in [2.45, 2.75) is 90.7 Å². The first-order chi connectivity index (χ1) is 8.02. The molecule has 0 aromatic rings. The molecule has 0 saturated carbocycles. The zero-order valence-electron chi connectivity index (χ0n) is 12.4. The van der Waals surface area contributed by atoms with Gasteiger partial charge in [0.05, 0.1) is 5.60 Å². The minimum atomic E-state index is -0.536. The van der Waals surface area contributed by atoms with Crippen LogP contribution in [0, 0.1) is 0 Å². The van der Waals surface area contributed by atoms with Crippen LogP contribution in [0.15, 0.2) is 0 Å². The summed E-state index contributed by atoms with van der Waals surface area (Å²) in [6.07, 6.45) is 9.86. The van der Waals surface area contributed by atoms with Crippen LogP contribution in [-0.2, 0) is 0 Å². The average Bonchev–Trinajstić information content (AvgIpc) is 2.26. The van der Waals surface area contributed by atoms with Gasteiger partial charge < -0.3 is 10.4 Å². The van der Waals surface area contributed by atoms with E-state index < -0.39 is 5.60 Å². The molecule has 104 valence electrons. The summed E-state index contributed by atoms with van der Waals surface area (Å²) in [5.74, 6) is 0. The molecule has 0 radical (unpaired) electrons. The largest absolute Gasteiger partial charge is 0.389 e. The van der Waals surface area contributed by atoms with Crippen LogP contribution in [0.1, 0.15) is 79.1 Å². The summed E-state index contributed by atoms with van der Waals surface area (Å²) in [7, 11) is 0. The fraction of sp³-hybridized carbons (Fsp3) is 1.00. The molecule has 17 heavy (non-hydrogen) atoms. The molecule has 0 aliphatic carbocycles. The third kappa shape index (κ3) is 10.8. The van der Waals surface area contributed by atoms with Gasteiger partial charge >= 0.3 is 0 Å². The Hall–Kier alpha value is -0.0800. The number of rotatable bonds is 11. The Bertz CT molecular complexity index is 168. The SMILES string of the molecule is CCCCCCCC(C)NCC(C)(O)CCC. The van der Waals surface area contributed by atoms with E-state index in [2.05, 4.69) is 26.1 Å². The van der Waals surface area contributed by atoms with E-state index in [1.54, 1.807) is 0 Å². The summed E-state index contributed by atoms with van der Waals surface area (Å²) < 4.78 is 0. The fourth-order valence-corrected chi connectivity index (χ4v) is 2.18. The Labute approximate surface area is 108 Å². The first-order valence-electron chi connectivity index (χ1n) is 7.47. The Morgan fingerprint density at radius 2 is 1.71 bits per heavy atom. The van der Waals surface area contributed by atoms with E-state index in [0.29, 0.717) is 6.04 Å². The minimum Gasteiger partial charge on any atom is -0.389 e. The lowest BCUT2D eigenvalue weighted by atomic mass is 10.00. The number of hydrogen-bond donors (Lipinski definition) is 2. The third-order valence-corrected chi connectivity index (χ3v) is 3.36. The van der Waals surface area contributed by atoms with Gasteiger partial charge in [-0.15, -0.1) is 0 Å². The highest BCUT2D eigenvalue weighted by molar-refractivity contribution is 4.76. The molecule has 0 aliphatic heterocycles. The van der Waals surface area contributed by atoms with Crippen molar-refractivity contribution in [1.82, 2.24) is 5.32 Å². The van der Waals surface area contributed by atoms with E-state index in [1.807, 2.05) is 6.92 Å². The second kappa shape index (κ2) is 9.90. The maximum atomic E-state index is 10.0. The number of nitrogens with one attached hydrogen (secondary N) is 1. The van der Waals surface area contributed by atoms with E-state index in [9.17, 15) is 5.11 Å². The van der Waals surface area contributed by atoms with Crippen molar-refractivity contribution < 1.29 is 5.11 Å². The van der Waals surface area contributed by atoms with Gasteiger partial charge in [0, 0.05) is 12.6 Å². The summed E-state index contributed by atoms with van der Waals surface area (Å²) in [4.78, 5) is 0. The van der Waals surface area contributed by atoms with Gasteiger partial charge in [-0.1, -0.05) is 52.4 Å². The van der Waals surface area contributed by atoms with Crippen LogP contribution in [0.5, 0.6) is 0 Å². The predicted molar refractivity (Wildman–Crippen MR) is 76.4 cm³/mol. The van der Waals surface area contributed by atoms with Gasteiger partial charge in [0.2, 0.25) is 0 Å². The predicted octanol–water partition coefficient (Wildman–Crippen LogP) is 3.88. The van der Waals surface area contributed by atoms with Crippen molar-refractivity contribution in [2.75, 3.05) is 6.54 Å². The summed E-state index contributed by atoms with van der Waals surface area (Å²) in [6.45, 7) is 9.24. The van der Waals surface area contributed by atoms with Gasteiger partial charge in [-0.25, -0.2) is 0 Å². The lowest BCUT2D eigenvalue weighted by Crippen LogP contribution is -2.41. The van der Waals surface area contributed by atoms with E-state index in [1.165, 1.54) is 38.5 Å². The first-order valence-corrected chi connectivity index (χ1v) is 7.47. The van der Waals surface area contributed by atoms with Crippen molar-refractivity contribution in [3.8, 4) is 0 Å². The zero-order valence-corrected chi connectivity index (χ0v) is 12.4. The minimum absolute atomic E-state index is 0.528. The molecule has 0 fully saturated rings. The molecular formula is C15H33NO. The van der Waals surface area contributed by atoms with E-state index in [4.69, 9.17) is 0 Å². The highest BCUT2D eigenvalue weighted by Gasteiger charge is 2.19. The molecule has 2 N–H and O–H groups in total. The normalized spacial score (nSPS) is 16.8. The van der Waals surface area contributed by atoms with Crippen molar-refractivity contribution in [2.24, 2.45) is 0 Å². The molecule has 0 heterocycles. The Morgan fingerprint density at radius 3 is 2.29 bits per heavy atom. The van der Waals surface area contributed by atoms with Gasteiger partial charge in [0.25, 0.3) is 0 Å². The van der Waals surface area contributed by atoms with Crippen LogP contribution in [0.3, 0.4) is 0 Å². The fourth-order valence-electron chi connectivity index (χ4n) is 2.18. The molecule has 0 aromatic heterocycles. The maximum Gasteiger partial charge on any atom is 0.0743 e. The van der Waals surface area contributed by atoms with Crippen LogP contribution in [0.25, 0.3) is 0 Å². The van der Waals surface area contributed by atoms with E-state index in [0.717, 1.165) is 19.4 Å². The van der Waals surface area contributed by atoms with Crippen LogP contribution in [-0.4, -0.2) is 23.3 Å². The van der Waals surface area contributed by atoms with Gasteiger partial charge in [0.15, 0.2) is 0 Å². The Kier molecular flexibility index (Phi) is 9.85. The van der Waals surface area contributed by atoms with Crippen LogP contribution >= 0.6 is 0 Å². The first kappa shape index (κ1) is 16.9. The van der Waals surface area contributed by atoms with Gasteiger partial charge in [-0.3, -0.25) is 0 Å². The summed E-state index contributed by atoms with van der Waals surface area (Å²) >= 11 is 0. The standard InChI is InChI=1S/C15H33NO/c1-5-7-8-9-10-11-14(3)16-13-15(4,17)12-6-2/h14,16-17H,5-13H2,1-4H3. The molecule has 0 amide bonds. The van der Waals surface area contributed by atoms with Gasteiger partial charge in [-0.05, 0) is 26.7 Å². The molecule has 0 spiro atoms. The van der Waals surface area contributed by atoms with Gasteiger partial charge in [0.1, 0.15) is 0 Å². The monoisotopic (exact) mass is 243 g/mol. The maximum absolute atomic E-state index is 10.0. The van der Waals surface area contributed by atoms with Crippen molar-refractivity contribution >= 4 is 0 Å². The average molecular weight is 243 g/mol. The van der Waals surface area contributed by atoms with Crippen molar-refractivity contribution in [3.63, 3.8) is 0 Å². The number of aliphatic hydroxyl groups is 1. The summed E-state index contributed by atoms with van der Waals surface area (Å²) in [6, 6.07) is 0.528. The van der Waals surface area contributed by atoms with Crippen molar-refractivity contribution in [1.29, 1.82) is 0 Å². The van der Waals surface area contributed by atoms with Crippen LogP contribution in [0.2, 0.25) is 0 Å². The Morgan fingerprint density at radius 1 is 1.06 bits per heavy atom. The van der Waals surface area contributed by atoms with Gasteiger partial charge in [-0.2, -0.15) is 0 Å². The number of hydrogen-bond acceptors (Lipinski definition) is 2. The highest BCUT2D eigenvalue weighted by atomic mass is 16.3. The molecule has 0 saturated heterocycles. The molecule has 0 aromatic carbocycles. The van der Waals surface area contributed by atoms with E-state index >= 15 is 0 Å². The lowest BCUT2D eigenvalue weighted by Gasteiger charge is -2.25. The zero-order chi connectivity index (χ0) is 13.1. The van der Waals surface area contributed by atoms with Crippen molar-refractivity contribution in [3.05, 3.63) is 0 Å². The van der Waals surface area contributed by atoms with Crippen LogP contribution < -0.4 is 5.32 Å². The lowest BCUT2D eigenvalue weighted by molar-refractivity contribution is 0.0473. The highest BCUT2D eigenvalue weighted by Crippen LogP contribution is 2.12. The second-order valence-corrected chi connectivity index (χ2v) is 5.73. The molecule has 2 nitrogen and oxygen atoms in total.